The minimum absolute atomic E-state index is 0.00569. The molecule has 1 atom stereocenters. The molecule has 10 nitrogen and oxygen atoms in total. The van der Waals surface area contributed by atoms with Crippen LogP contribution in [0, 0.1) is 10.8 Å². The van der Waals surface area contributed by atoms with Gasteiger partial charge in [-0.15, -0.1) is 0 Å². The Labute approximate surface area is 216 Å². The molecule has 0 spiro atoms. The standard InChI is InChI=1S/C26H31N5O5S/c1-17(27)30-11-9-22(10-12-30)36-23-7-8-24-20(15-23)14-21(31(24)37(34,35)16-25(32)33)6-5-18-3-2-4-19(13-18)26(28)29/h2-8,13,15,21-22,27H,9-12,14,16H2,1H3,(H3,28,29)(H,32,33)/b6-5+,27-17?/t21-/m0/s1. The molecule has 2 aliphatic heterocycles. The van der Waals surface area contributed by atoms with E-state index in [9.17, 15) is 18.3 Å². The third kappa shape index (κ3) is 6.11. The van der Waals surface area contributed by atoms with E-state index in [0.717, 1.165) is 37.1 Å². The third-order valence-electron chi connectivity index (χ3n) is 6.55. The Morgan fingerprint density at radius 3 is 2.57 bits per heavy atom. The molecular formula is C26H31N5O5S. The van der Waals surface area contributed by atoms with Crippen molar-refractivity contribution in [1.82, 2.24) is 4.90 Å². The minimum Gasteiger partial charge on any atom is -0.490 e. The van der Waals surface area contributed by atoms with Crippen molar-refractivity contribution >= 4 is 39.4 Å². The number of hydrogen-bond donors (Lipinski definition) is 4. The van der Waals surface area contributed by atoms with Crippen LogP contribution in [0.5, 0.6) is 5.75 Å². The zero-order valence-electron chi connectivity index (χ0n) is 20.6. The molecule has 196 valence electrons. The number of nitrogens with one attached hydrogen (secondary N) is 2. The normalized spacial score (nSPS) is 18.1. The number of carbonyl (C=O) groups is 1. The molecule has 0 bridgehead atoms. The van der Waals surface area contributed by atoms with Gasteiger partial charge in [0.2, 0.25) is 10.0 Å². The molecule has 11 heteroatoms. The fraction of sp³-hybridized carbons (Fsp3) is 0.346. The van der Waals surface area contributed by atoms with Crippen LogP contribution in [0.1, 0.15) is 36.5 Å². The number of aliphatic carboxylic acids is 1. The number of fused-ring (bicyclic) bond motifs is 1. The first-order valence-electron chi connectivity index (χ1n) is 12.0. The Hall–Kier alpha value is -3.86. The van der Waals surface area contributed by atoms with E-state index in [1.807, 2.05) is 17.0 Å². The first-order chi connectivity index (χ1) is 17.5. The zero-order valence-corrected chi connectivity index (χ0v) is 21.4. The summed E-state index contributed by atoms with van der Waals surface area (Å²) in [5, 5.41) is 24.6. The van der Waals surface area contributed by atoms with Gasteiger partial charge in [-0.3, -0.25) is 19.9 Å². The van der Waals surface area contributed by atoms with Gasteiger partial charge in [-0.1, -0.05) is 30.4 Å². The zero-order chi connectivity index (χ0) is 26.7. The summed E-state index contributed by atoms with van der Waals surface area (Å²) < 4.78 is 33.5. The number of sulfonamides is 1. The quantitative estimate of drug-likeness (QED) is 0.304. The van der Waals surface area contributed by atoms with E-state index in [2.05, 4.69) is 0 Å². The largest absolute Gasteiger partial charge is 0.490 e. The highest BCUT2D eigenvalue weighted by atomic mass is 32.2. The summed E-state index contributed by atoms with van der Waals surface area (Å²) in [5.41, 5.74) is 8.07. The summed E-state index contributed by atoms with van der Waals surface area (Å²) >= 11 is 0. The number of benzene rings is 2. The highest BCUT2D eigenvalue weighted by molar-refractivity contribution is 7.93. The summed E-state index contributed by atoms with van der Waals surface area (Å²) in [7, 11) is -4.14. The van der Waals surface area contributed by atoms with Crippen molar-refractivity contribution < 1.29 is 23.1 Å². The van der Waals surface area contributed by atoms with E-state index in [0.29, 0.717) is 29.3 Å². The van der Waals surface area contributed by atoms with Gasteiger partial charge in [0, 0.05) is 31.5 Å². The molecule has 5 N–H and O–H groups in total. The van der Waals surface area contributed by atoms with Crippen LogP contribution in [0.15, 0.2) is 48.5 Å². The Morgan fingerprint density at radius 1 is 1.19 bits per heavy atom. The second-order valence-electron chi connectivity index (χ2n) is 9.30. The lowest BCUT2D eigenvalue weighted by Gasteiger charge is -2.32. The maximum Gasteiger partial charge on any atom is 0.320 e. The maximum absolute atomic E-state index is 13.1. The van der Waals surface area contributed by atoms with Crippen LogP contribution in [0.2, 0.25) is 0 Å². The Morgan fingerprint density at radius 2 is 1.92 bits per heavy atom. The number of anilines is 1. The van der Waals surface area contributed by atoms with Crippen molar-refractivity contribution in [2.75, 3.05) is 23.1 Å². The Kier molecular flexibility index (Phi) is 7.53. The number of piperidine rings is 1. The number of ether oxygens (including phenoxy) is 1. The maximum atomic E-state index is 13.1. The minimum atomic E-state index is -4.14. The van der Waals surface area contributed by atoms with E-state index in [-0.39, 0.29) is 11.9 Å². The SMILES string of the molecule is CC(=N)N1CCC(Oc2ccc3c(c2)C[C@H](/C=C/c2cccc(C(=N)N)c2)N3S(=O)(=O)CC(=O)O)CC1. The number of nitrogens with zero attached hydrogens (tertiary/aromatic N) is 2. The van der Waals surface area contributed by atoms with Gasteiger partial charge in [-0.25, -0.2) is 8.42 Å². The molecule has 1 saturated heterocycles. The second-order valence-corrected chi connectivity index (χ2v) is 11.1. The van der Waals surface area contributed by atoms with Crippen molar-refractivity contribution in [3.8, 4) is 5.75 Å². The van der Waals surface area contributed by atoms with Crippen LogP contribution in [0.25, 0.3) is 6.08 Å². The van der Waals surface area contributed by atoms with Gasteiger partial charge in [-0.05, 0) is 48.7 Å². The number of rotatable bonds is 8. The average molecular weight is 526 g/mol. The average Bonchev–Trinajstić information content (AvgIpc) is 3.21. The van der Waals surface area contributed by atoms with Crippen molar-refractivity contribution in [1.29, 1.82) is 10.8 Å². The second kappa shape index (κ2) is 10.6. The van der Waals surface area contributed by atoms with Crippen molar-refractivity contribution in [3.05, 3.63) is 65.2 Å². The molecule has 0 aliphatic carbocycles. The van der Waals surface area contributed by atoms with Crippen LogP contribution in [-0.4, -0.2) is 67.1 Å². The van der Waals surface area contributed by atoms with Gasteiger partial charge in [0.1, 0.15) is 17.7 Å². The molecule has 1 fully saturated rings. The molecule has 37 heavy (non-hydrogen) atoms. The van der Waals surface area contributed by atoms with E-state index < -0.39 is 27.8 Å². The van der Waals surface area contributed by atoms with Crippen molar-refractivity contribution in [2.24, 2.45) is 5.73 Å². The number of carboxylic acids is 1. The first kappa shape index (κ1) is 26.2. The van der Waals surface area contributed by atoms with E-state index in [4.69, 9.17) is 21.3 Å². The van der Waals surface area contributed by atoms with Crippen LogP contribution < -0.4 is 14.8 Å². The van der Waals surface area contributed by atoms with Crippen LogP contribution in [0.3, 0.4) is 0 Å². The van der Waals surface area contributed by atoms with Gasteiger partial charge >= 0.3 is 5.97 Å². The molecule has 2 aromatic carbocycles. The van der Waals surface area contributed by atoms with Crippen LogP contribution in [0.4, 0.5) is 5.69 Å². The summed E-state index contributed by atoms with van der Waals surface area (Å²) in [5.74, 6) is -1.32. The molecule has 0 unspecified atom stereocenters. The fourth-order valence-electron chi connectivity index (χ4n) is 4.76. The Balaban J connectivity index is 1.58. The summed E-state index contributed by atoms with van der Waals surface area (Å²) in [4.78, 5) is 13.3. The summed E-state index contributed by atoms with van der Waals surface area (Å²) in [6.07, 6.45) is 5.43. The topological polar surface area (TPSA) is 161 Å². The third-order valence-corrected chi connectivity index (χ3v) is 8.23. The van der Waals surface area contributed by atoms with Gasteiger partial charge < -0.3 is 20.5 Å². The molecule has 0 radical (unpaired) electrons. The predicted octanol–water partition coefficient (Wildman–Crippen LogP) is 2.67. The van der Waals surface area contributed by atoms with Gasteiger partial charge in [0.25, 0.3) is 0 Å². The molecule has 2 heterocycles. The summed E-state index contributed by atoms with van der Waals surface area (Å²) in [6.45, 7) is 3.28. The molecule has 0 saturated carbocycles. The highest BCUT2D eigenvalue weighted by Gasteiger charge is 2.37. The number of amidine groups is 2. The van der Waals surface area contributed by atoms with Crippen molar-refractivity contribution in [2.45, 2.75) is 38.3 Å². The fourth-order valence-corrected chi connectivity index (χ4v) is 6.25. The number of nitrogen functional groups attached to an aromatic ring is 1. The van der Waals surface area contributed by atoms with Crippen molar-refractivity contribution in [3.63, 3.8) is 0 Å². The molecule has 0 aromatic heterocycles. The summed E-state index contributed by atoms with van der Waals surface area (Å²) in [6, 6.07) is 11.6. The molecule has 4 rings (SSSR count). The van der Waals surface area contributed by atoms with Crippen LogP contribution in [-0.2, 0) is 21.2 Å². The monoisotopic (exact) mass is 525 g/mol. The first-order valence-corrected chi connectivity index (χ1v) is 13.6. The molecule has 0 amide bonds. The number of likely N-dealkylation sites (tertiary alicyclic amines) is 1. The smallest absolute Gasteiger partial charge is 0.320 e. The van der Waals surface area contributed by atoms with E-state index in [1.54, 1.807) is 49.4 Å². The molecular weight excluding hydrogens is 494 g/mol. The van der Waals surface area contributed by atoms with E-state index in [1.165, 1.54) is 4.31 Å². The van der Waals surface area contributed by atoms with Gasteiger partial charge in [-0.2, -0.15) is 0 Å². The van der Waals surface area contributed by atoms with E-state index >= 15 is 0 Å². The highest BCUT2D eigenvalue weighted by Crippen LogP contribution is 2.38. The number of hydrogen-bond acceptors (Lipinski definition) is 6. The number of nitrogens with two attached hydrogens (primary N) is 1. The van der Waals surface area contributed by atoms with Gasteiger partial charge in [0.05, 0.1) is 17.6 Å². The lowest BCUT2D eigenvalue weighted by atomic mass is 10.1. The van der Waals surface area contributed by atoms with Crippen LogP contribution >= 0.6 is 0 Å². The van der Waals surface area contributed by atoms with Gasteiger partial charge in [0.15, 0.2) is 5.75 Å². The molecule has 2 aliphatic rings. The molecule has 2 aromatic rings. The lowest BCUT2D eigenvalue weighted by Crippen LogP contribution is -2.40. The lowest BCUT2D eigenvalue weighted by molar-refractivity contribution is -0.134. The number of carboxylic acid groups (broad SMARTS) is 1. The predicted molar refractivity (Wildman–Crippen MR) is 143 cm³/mol. The Bertz CT molecular complexity index is 1350.